The van der Waals surface area contributed by atoms with Gasteiger partial charge in [-0.3, -0.25) is 0 Å². The molecular formula is C27H42OS. The Bertz CT molecular complexity index is 620. The first-order valence-electron chi connectivity index (χ1n) is 12.8. The van der Waals surface area contributed by atoms with E-state index in [0.717, 1.165) is 16.9 Å². The first-order valence-corrected chi connectivity index (χ1v) is 13.8. The van der Waals surface area contributed by atoms with Crippen LogP contribution in [0, 0.1) is 0 Å². The van der Waals surface area contributed by atoms with Gasteiger partial charge in [-0.25, -0.2) is 0 Å². The molecule has 4 rings (SSSR count). The van der Waals surface area contributed by atoms with E-state index in [1.54, 1.807) is 5.56 Å². The van der Waals surface area contributed by atoms with Crippen LogP contribution in [0.15, 0.2) is 12.1 Å². The lowest BCUT2D eigenvalue weighted by molar-refractivity contribution is 0.408. The molecule has 0 spiro atoms. The quantitative estimate of drug-likeness (QED) is 0.519. The van der Waals surface area contributed by atoms with Crippen LogP contribution in [0.5, 0.6) is 5.75 Å². The molecule has 3 aliphatic carbocycles. The minimum atomic E-state index is 0.595. The highest BCUT2D eigenvalue weighted by atomic mass is 32.2. The molecule has 0 amide bonds. The minimum Gasteiger partial charge on any atom is -0.507 e. The molecule has 1 aromatic rings. The van der Waals surface area contributed by atoms with Crippen LogP contribution in [-0.4, -0.2) is 10.4 Å². The first-order chi connectivity index (χ1) is 14.3. The van der Waals surface area contributed by atoms with Gasteiger partial charge in [-0.2, -0.15) is 11.8 Å². The number of hydrogen-bond donors (Lipinski definition) is 1. The highest BCUT2D eigenvalue weighted by molar-refractivity contribution is 7.99. The zero-order valence-corrected chi connectivity index (χ0v) is 19.3. The van der Waals surface area contributed by atoms with Gasteiger partial charge in [-0.15, -0.1) is 0 Å². The molecule has 162 valence electrons. The van der Waals surface area contributed by atoms with Crippen LogP contribution in [0.1, 0.15) is 138 Å². The van der Waals surface area contributed by atoms with Gasteiger partial charge in [-0.1, -0.05) is 82.8 Å². The second-order valence-electron chi connectivity index (χ2n) is 10.1. The largest absolute Gasteiger partial charge is 0.507 e. The average Bonchev–Trinajstić information content (AvgIpc) is 2.75. The summed E-state index contributed by atoms with van der Waals surface area (Å²) in [6.45, 7) is 0. The van der Waals surface area contributed by atoms with Gasteiger partial charge in [0.15, 0.2) is 0 Å². The Kier molecular flexibility index (Phi) is 8.28. The number of aromatic hydroxyl groups is 1. The summed E-state index contributed by atoms with van der Waals surface area (Å²) in [4.78, 5) is 0. The van der Waals surface area contributed by atoms with E-state index in [9.17, 15) is 5.11 Å². The first kappa shape index (κ1) is 21.6. The van der Waals surface area contributed by atoms with Gasteiger partial charge in [0.25, 0.3) is 0 Å². The molecule has 0 bridgehead atoms. The molecule has 0 atom stereocenters. The van der Waals surface area contributed by atoms with E-state index in [1.165, 1.54) is 120 Å². The minimum absolute atomic E-state index is 0.595. The van der Waals surface area contributed by atoms with Gasteiger partial charge < -0.3 is 5.11 Å². The van der Waals surface area contributed by atoms with Gasteiger partial charge in [0.05, 0.1) is 0 Å². The van der Waals surface area contributed by atoms with Crippen LogP contribution in [0.25, 0.3) is 0 Å². The lowest BCUT2D eigenvalue weighted by Crippen LogP contribution is -2.10. The molecule has 1 aromatic carbocycles. The van der Waals surface area contributed by atoms with E-state index < -0.39 is 0 Å². The number of rotatable bonds is 5. The smallest absolute Gasteiger partial charge is 0.123 e. The third-order valence-electron chi connectivity index (χ3n) is 7.89. The van der Waals surface area contributed by atoms with Gasteiger partial charge in [0, 0.05) is 16.6 Å². The lowest BCUT2D eigenvalue weighted by atomic mass is 9.79. The predicted octanol–water partition coefficient (Wildman–Crippen LogP) is 8.83. The Morgan fingerprint density at radius 3 is 1.83 bits per heavy atom. The van der Waals surface area contributed by atoms with Gasteiger partial charge >= 0.3 is 0 Å². The fourth-order valence-electron chi connectivity index (χ4n) is 6.04. The van der Waals surface area contributed by atoms with Crippen LogP contribution in [0.2, 0.25) is 0 Å². The summed E-state index contributed by atoms with van der Waals surface area (Å²) in [6, 6.07) is 4.85. The second-order valence-corrected chi connectivity index (χ2v) is 11.4. The van der Waals surface area contributed by atoms with Crippen LogP contribution >= 0.6 is 11.8 Å². The summed E-state index contributed by atoms with van der Waals surface area (Å²) in [7, 11) is 0. The normalized spacial score (nSPS) is 23.6. The highest BCUT2D eigenvalue weighted by Gasteiger charge is 2.24. The van der Waals surface area contributed by atoms with Crippen LogP contribution in [-0.2, 0) is 5.75 Å². The maximum atomic E-state index is 11.3. The highest BCUT2D eigenvalue weighted by Crippen LogP contribution is 2.44. The molecular weight excluding hydrogens is 372 g/mol. The third kappa shape index (κ3) is 5.96. The third-order valence-corrected chi connectivity index (χ3v) is 9.31. The van der Waals surface area contributed by atoms with Crippen LogP contribution in [0.4, 0.5) is 0 Å². The molecule has 3 aliphatic rings. The number of thioether (sulfide) groups is 1. The van der Waals surface area contributed by atoms with E-state index in [1.807, 2.05) is 0 Å². The van der Waals surface area contributed by atoms with E-state index in [-0.39, 0.29) is 0 Å². The van der Waals surface area contributed by atoms with Crippen molar-refractivity contribution in [1.29, 1.82) is 0 Å². The Labute approximate surface area is 183 Å². The molecule has 1 N–H and O–H groups in total. The number of benzene rings is 1. The molecule has 2 heteroatoms. The maximum Gasteiger partial charge on any atom is 0.123 e. The molecule has 3 saturated carbocycles. The SMILES string of the molecule is Oc1c(CSC2CCCCCCC2)cc(C2CCCCC2)cc1C1CCCCC1. The molecule has 0 unspecified atom stereocenters. The van der Waals surface area contributed by atoms with Crippen molar-refractivity contribution >= 4 is 11.8 Å². The maximum absolute atomic E-state index is 11.3. The zero-order chi connectivity index (χ0) is 19.9. The molecule has 0 heterocycles. The molecule has 29 heavy (non-hydrogen) atoms. The van der Waals surface area contributed by atoms with Crippen molar-refractivity contribution in [1.82, 2.24) is 0 Å². The number of hydrogen-bond acceptors (Lipinski definition) is 2. The topological polar surface area (TPSA) is 20.2 Å². The Hall–Kier alpha value is -0.630. The molecule has 0 radical (unpaired) electrons. The molecule has 0 saturated heterocycles. The Morgan fingerprint density at radius 2 is 1.17 bits per heavy atom. The summed E-state index contributed by atoms with van der Waals surface area (Å²) in [5, 5.41) is 12.1. The summed E-state index contributed by atoms with van der Waals surface area (Å²) in [5.41, 5.74) is 4.11. The van der Waals surface area contributed by atoms with Gasteiger partial charge in [0.1, 0.15) is 5.75 Å². The monoisotopic (exact) mass is 414 g/mol. The van der Waals surface area contributed by atoms with E-state index in [0.29, 0.717) is 11.7 Å². The van der Waals surface area contributed by atoms with Gasteiger partial charge in [0.2, 0.25) is 0 Å². The van der Waals surface area contributed by atoms with E-state index in [4.69, 9.17) is 0 Å². The van der Waals surface area contributed by atoms with Crippen molar-refractivity contribution in [2.75, 3.05) is 0 Å². The average molecular weight is 415 g/mol. The van der Waals surface area contributed by atoms with Crippen molar-refractivity contribution in [2.24, 2.45) is 0 Å². The van der Waals surface area contributed by atoms with E-state index >= 15 is 0 Å². The van der Waals surface area contributed by atoms with E-state index in [2.05, 4.69) is 23.9 Å². The number of phenolic OH excluding ortho intramolecular Hbond substituents is 1. The van der Waals surface area contributed by atoms with Crippen molar-refractivity contribution in [3.8, 4) is 5.75 Å². The summed E-state index contributed by atoms with van der Waals surface area (Å²) >= 11 is 2.14. The Balaban J connectivity index is 1.53. The van der Waals surface area contributed by atoms with Crippen molar-refractivity contribution in [2.45, 2.75) is 132 Å². The Morgan fingerprint density at radius 1 is 0.655 bits per heavy atom. The summed E-state index contributed by atoms with van der Waals surface area (Å²) in [6.07, 6.45) is 23.3. The summed E-state index contributed by atoms with van der Waals surface area (Å²) < 4.78 is 0. The van der Waals surface area contributed by atoms with Gasteiger partial charge in [-0.05, 0) is 61.5 Å². The zero-order valence-electron chi connectivity index (χ0n) is 18.5. The number of phenols is 1. The predicted molar refractivity (Wildman–Crippen MR) is 127 cm³/mol. The molecule has 3 fully saturated rings. The molecule has 0 aliphatic heterocycles. The fourth-order valence-corrected chi connectivity index (χ4v) is 7.35. The van der Waals surface area contributed by atoms with Crippen molar-refractivity contribution in [3.63, 3.8) is 0 Å². The summed E-state index contributed by atoms with van der Waals surface area (Å²) in [5.74, 6) is 3.00. The van der Waals surface area contributed by atoms with Crippen LogP contribution < -0.4 is 0 Å². The fraction of sp³-hybridized carbons (Fsp3) is 0.778. The second kappa shape index (κ2) is 11.1. The van der Waals surface area contributed by atoms with Crippen molar-refractivity contribution < 1.29 is 5.11 Å². The molecule has 0 aromatic heterocycles. The lowest BCUT2D eigenvalue weighted by Gasteiger charge is -2.28. The molecule has 1 nitrogen and oxygen atoms in total. The van der Waals surface area contributed by atoms with Crippen LogP contribution in [0.3, 0.4) is 0 Å². The van der Waals surface area contributed by atoms with Crippen molar-refractivity contribution in [3.05, 3.63) is 28.8 Å². The standard InChI is InChI=1S/C27H42OS/c28-27-24(20-29-25-16-10-2-1-3-11-17-25)18-23(21-12-6-4-7-13-21)19-26(27)22-14-8-5-9-15-22/h18-19,21-22,25,28H,1-17,20H2.